The van der Waals surface area contributed by atoms with Crippen LogP contribution in [0, 0.1) is 11.6 Å². The minimum Gasteiger partial charge on any atom is -0.489 e. The van der Waals surface area contributed by atoms with Gasteiger partial charge in [0.05, 0.1) is 0 Å². The van der Waals surface area contributed by atoms with Gasteiger partial charge >= 0.3 is 7.12 Å². The molecule has 19 heavy (non-hydrogen) atoms. The molecule has 98 valence electrons. The van der Waals surface area contributed by atoms with Crippen molar-refractivity contribution in [1.82, 2.24) is 0 Å². The first kappa shape index (κ1) is 13.5. The Bertz CT molecular complexity index is 576. The van der Waals surface area contributed by atoms with Crippen molar-refractivity contribution in [3.63, 3.8) is 0 Å². The van der Waals surface area contributed by atoms with Crippen LogP contribution in [0.15, 0.2) is 42.5 Å². The summed E-state index contributed by atoms with van der Waals surface area (Å²) in [5.74, 6) is -0.930. The summed E-state index contributed by atoms with van der Waals surface area (Å²) in [6.45, 7) is -0.201. The fourth-order valence-electron chi connectivity index (χ4n) is 1.63. The Morgan fingerprint density at radius 3 is 2.53 bits per heavy atom. The van der Waals surface area contributed by atoms with Gasteiger partial charge < -0.3 is 14.8 Å². The molecule has 0 amide bonds. The first-order valence-corrected chi connectivity index (χ1v) is 5.59. The Morgan fingerprint density at radius 2 is 1.79 bits per heavy atom. The SMILES string of the molecule is OB(O)c1ccccc1OCc1cc(F)ccc1F. The van der Waals surface area contributed by atoms with E-state index < -0.39 is 18.8 Å². The topological polar surface area (TPSA) is 49.7 Å². The summed E-state index contributed by atoms with van der Waals surface area (Å²) in [6.07, 6.45) is 0. The van der Waals surface area contributed by atoms with Gasteiger partial charge in [0.1, 0.15) is 24.0 Å². The zero-order chi connectivity index (χ0) is 13.8. The Labute approximate surface area is 109 Å². The van der Waals surface area contributed by atoms with Gasteiger partial charge in [-0.2, -0.15) is 0 Å². The predicted molar refractivity (Wildman–Crippen MR) is 67.0 cm³/mol. The van der Waals surface area contributed by atoms with Crippen LogP contribution in [-0.4, -0.2) is 17.2 Å². The molecule has 0 spiro atoms. The molecule has 2 rings (SSSR count). The molecule has 0 radical (unpaired) electrons. The van der Waals surface area contributed by atoms with Crippen molar-refractivity contribution in [1.29, 1.82) is 0 Å². The van der Waals surface area contributed by atoms with Crippen LogP contribution in [0.1, 0.15) is 5.56 Å². The van der Waals surface area contributed by atoms with Gasteiger partial charge in [0.15, 0.2) is 0 Å². The quantitative estimate of drug-likeness (QED) is 0.816. The molecule has 2 aromatic carbocycles. The Kier molecular flexibility index (Phi) is 4.14. The third-order valence-electron chi connectivity index (χ3n) is 2.59. The normalized spacial score (nSPS) is 10.3. The number of hydrogen-bond donors (Lipinski definition) is 2. The number of para-hydroxylation sites is 1. The fourth-order valence-corrected chi connectivity index (χ4v) is 1.63. The maximum absolute atomic E-state index is 13.4. The lowest BCUT2D eigenvalue weighted by Gasteiger charge is -2.11. The van der Waals surface area contributed by atoms with Crippen LogP contribution < -0.4 is 10.2 Å². The molecule has 0 saturated carbocycles. The summed E-state index contributed by atoms with van der Waals surface area (Å²) in [5.41, 5.74) is 0.224. The van der Waals surface area contributed by atoms with E-state index in [9.17, 15) is 8.78 Å². The summed E-state index contributed by atoms with van der Waals surface area (Å²) in [5, 5.41) is 18.3. The van der Waals surface area contributed by atoms with Gasteiger partial charge in [-0.15, -0.1) is 0 Å². The Hall–Kier alpha value is -1.92. The van der Waals surface area contributed by atoms with E-state index >= 15 is 0 Å². The molecule has 2 aromatic rings. The van der Waals surface area contributed by atoms with Crippen LogP contribution >= 0.6 is 0 Å². The zero-order valence-electron chi connectivity index (χ0n) is 9.88. The molecule has 0 unspecified atom stereocenters. The van der Waals surface area contributed by atoms with E-state index in [0.717, 1.165) is 18.2 Å². The minimum atomic E-state index is -1.69. The second-order valence-electron chi connectivity index (χ2n) is 3.94. The van der Waals surface area contributed by atoms with Crippen LogP contribution in [0.2, 0.25) is 0 Å². The Morgan fingerprint density at radius 1 is 1.05 bits per heavy atom. The molecule has 0 aromatic heterocycles. The van der Waals surface area contributed by atoms with Crippen LogP contribution in [0.4, 0.5) is 8.78 Å². The average Bonchev–Trinajstić information content (AvgIpc) is 2.40. The Balaban J connectivity index is 2.17. The van der Waals surface area contributed by atoms with E-state index in [1.807, 2.05) is 0 Å². The highest BCUT2D eigenvalue weighted by molar-refractivity contribution is 6.59. The van der Waals surface area contributed by atoms with Crippen LogP contribution in [0.3, 0.4) is 0 Å². The molecule has 0 aliphatic rings. The number of hydrogen-bond acceptors (Lipinski definition) is 3. The van der Waals surface area contributed by atoms with Crippen molar-refractivity contribution in [3.05, 3.63) is 59.7 Å². The molecule has 0 atom stereocenters. The molecular formula is C13H11BF2O3. The standard InChI is InChI=1S/C13H11BF2O3/c15-10-5-6-12(16)9(7-10)8-19-13-4-2-1-3-11(13)14(17)18/h1-7,17-18H,8H2. The van der Waals surface area contributed by atoms with Crippen molar-refractivity contribution in [3.8, 4) is 5.75 Å². The second kappa shape index (κ2) is 5.82. The molecule has 3 nitrogen and oxygen atoms in total. The molecule has 6 heteroatoms. The van der Waals surface area contributed by atoms with Crippen LogP contribution in [-0.2, 0) is 6.61 Å². The highest BCUT2D eigenvalue weighted by Crippen LogP contribution is 2.14. The largest absolute Gasteiger partial charge is 0.492 e. The number of benzene rings is 2. The summed E-state index contributed by atoms with van der Waals surface area (Å²) in [4.78, 5) is 0. The van der Waals surface area contributed by atoms with Crippen LogP contribution in [0.5, 0.6) is 5.75 Å². The summed E-state index contributed by atoms with van der Waals surface area (Å²) in [6, 6.07) is 9.32. The maximum Gasteiger partial charge on any atom is 0.492 e. The summed E-state index contributed by atoms with van der Waals surface area (Å²) in [7, 11) is -1.69. The number of ether oxygens (including phenoxy) is 1. The molecule has 0 aliphatic carbocycles. The molecule has 2 N–H and O–H groups in total. The van der Waals surface area contributed by atoms with Crippen molar-refractivity contribution >= 4 is 12.6 Å². The highest BCUT2D eigenvalue weighted by atomic mass is 19.1. The lowest BCUT2D eigenvalue weighted by atomic mass is 9.79. The lowest BCUT2D eigenvalue weighted by Crippen LogP contribution is -2.31. The monoisotopic (exact) mass is 264 g/mol. The minimum absolute atomic E-state index is 0.0576. The third kappa shape index (κ3) is 3.30. The summed E-state index contributed by atoms with van der Waals surface area (Å²) >= 11 is 0. The average molecular weight is 264 g/mol. The fraction of sp³-hybridized carbons (Fsp3) is 0.0769. The lowest BCUT2D eigenvalue weighted by molar-refractivity contribution is 0.299. The van der Waals surface area contributed by atoms with Gasteiger partial charge in [0.25, 0.3) is 0 Å². The van der Waals surface area contributed by atoms with Gasteiger partial charge in [-0.05, 0) is 24.3 Å². The van der Waals surface area contributed by atoms with Crippen molar-refractivity contribution in [2.24, 2.45) is 0 Å². The number of halogens is 2. The molecule has 0 bridgehead atoms. The molecule has 0 heterocycles. The van der Waals surface area contributed by atoms with Crippen molar-refractivity contribution in [2.75, 3.05) is 0 Å². The second-order valence-corrected chi connectivity index (χ2v) is 3.94. The van der Waals surface area contributed by atoms with Gasteiger partial charge in [-0.3, -0.25) is 0 Å². The van der Waals surface area contributed by atoms with Gasteiger partial charge in [0.2, 0.25) is 0 Å². The van der Waals surface area contributed by atoms with Crippen molar-refractivity contribution < 1.29 is 23.6 Å². The molecule has 0 saturated heterocycles. The van der Waals surface area contributed by atoms with E-state index in [0.29, 0.717) is 0 Å². The van der Waals surface area contributed by atoms with E-state index in [1.54, 1.807) is 12.1 Å². The zero-order valence-corrected chi connectivity index (χ0v) is 9.88. The van der Waals surface area contributed by atoms with Gasteiger partial charge in [-0.25, -0.2) is 8.78 Å². The van der Waals surface area contributed by atoms with Crippen LogP contribution in [0.25, 0.3) is 0 Å². The van der Waals surface area contributed by atoms with E-state index in [2.05, 4.69) is 0 Å². The molecule has 0 fully saturated rings. The van der Waals surface area contributed by atoms with Crippen molar-refractivity contribution in [2.45, 2.75) is 6.61 Å². The van der Waals surface area contributed by atoms with E-state index in [-0.39, 0.29) is 23.4 Å². The van der Waals surface area contributed by atoms with Gasteiger partial charge in [0, 0.05) is 11.0 Å². The number of rotatable bonds is 4. The molecular weight excluding hydrogens is 253 g/mol. The third-order valence-corrected chi connectivity index (χ3v) is 2.59. The van der Waals surface area contributed by atoms with E-state index in [4.69, 9.17) is 14.8 Å². The summed E-state index contributed by atoms with van der Waals surface area (Å²) < 4.78 is 31.7. The first-order chi connectivity index (χ1) is 9.08. The van der Waals surface area contributed by atoms with E-state index in [1.165, 1.54) is 12.1 Å². The predicted octanol–water partition coefficient (Wildman–Crippen LogP) is 1.22. The van der Waals surface area contributed by atoms with Gasteiger partial charge in [-0.1, -0.05) is 18.2 Å². The first-order valence-electron chi connectivity index (χ1n) is 5.59. The smallest absolute Gasteiger partial charge is 0.489 e. The molecule has 0 aliphatic heterocycles. The highest BCUT2D eigenvalue weighted by Gasteiger charge is 2.16. The maximum atomic E-state index is 13.4.